The Morgan fingerprint density at radius 3 is 2.89 bits per heavy atom. The van der Waals surface area contributed by atoms with Crippen LogP contribution < -0.4 is 10.6 Å². The summed E-state index contributed by atoms with van der Waals surface area (Å²) in [6.45, 7) is 0. The van der Waals surface area contributed by atoms with Crippen LogP contribution in [0.4, 0.5) is 10.1 Å². The molecule has 0 spiro atoms. The van der Waals surface area contributed by atoms with Crippen molar-refractivity contribution < 1.29 is 11.9 Å². The number of nitrogens with one attached hydrogen (secondary N) is 2. The first kappa shape index (κ1) is 9.89. The van der Waals surface area contributed by atoms with E-state index in [9.17, 15) is 14.4 Å². The van der Waals surface area contributed by atoms with Crippen LogP contribution in [0.25, 0.3) is 0 Å². The number of amides is 1. The number of nitrogens with zero attached hydrogens (tertiary/aromatic N) is 1. The van der Waals surface area contributed by atoms with E-state index in [1.54, 1.807) is 0 Å². The summed E-state index contributed by atoms with van der Waals surface area (Å²) in [5, 5.41) is 14.2. The monoisotopic (exact) mass is 249 g/mol. The van der Waals surface area contributed by atoms with Crippen LogP contribution in [0.2, 0.25) is 0 Å². The molecular formula is C13H14FN3O. The van der Waals surface area contributed by atoms with Crippen LogP contribution in [0, 0.1) is 17.1 Å². The molecule has 1 aromatic carbocycles. The smallest absolute Gasteiger partial charge is 0.253 e. The molecule has 18 heavy (non-hydrogen) atoms. The lowest BCUT2D eigenvalue weighted by atomic mass is 9.78. The van der Waals surface area contributed by atoms with Gasteiger partial charge in [-0.1, -0.05) is 0 Å². The minimum atomic E-state index is -1.66. The number of carbonyl (C=O) groups excluding carboxylic acids is 1. The van der Waals surface area contributed by atoms with Gasteiger partial charge in [0, 0.05) is 15.5 Å². The molecule has 1 aromatic rings. The molecule has 1 fully saturated rings. The van der Waals surface area contributed by atoms with Crippen LogP contribution in [0.1, 0.15) is 32.3 Å². The van der Waals surface area contributed by atoms with Gasteiger partial charge in [0.25, 0.3) is 5.91 Å². The van der Waals surface area contributed by atoms with Crippen molar-refractivity contribution in [2.24, 2.45) is 0 Å². The number of anilines is 1. The highest BCUT2D eigenvalue weighted by molar-refractivity contribution is 5.94. The van der Waals surface area contributed by atoms with Crippen molar-refractivity contribution in [1.29, 1.82) is 5.26 Å². The van der Waals surface area contributed by atoms with E-state index in [0.717, 1.165) is 6.07 Å². The average molecular weight is 249 g/mol. The standard InChI is InChI=1S/C13H14FN3O/c1-16-12(18)10-4-3-9(7-11(10)14)17-13(8-15)5-2-6-13/h3-4,7,17H,2,5-6H2,1H3,(H,16,18)/i5D2. The van der Waals surface area contributed by atoms with Gasteiger partial charge in [0.05, 0.1) is 11.6 Å². The van der Waals surface area contributed by atoms with Crippen molar-refractivity contribution >= 4 is 11.6 Å². The summed E-state index contributed by atoms with van der Waals surface area (Å²) < 4.78 is 29.3. The number of hydrogen-bond acceptors (Lipinski definition) is 3. The van der Waals surface area contributed by atoms with Gasteiger partial charge in [-0.25, -0.2) is 4.39 Å². The largest absolute Gasteiger partial charge is 0.367 e. The Bertz CT molecular complexity index is 600. The molecule has 0 aliphatic heterocycles. The average Bonchev–Trinajstić information content (AvgIpc) is 2.42. The summed E-state index contributed by atoms with van der Waals surface area (Å²) in [5.74, 6) is -1.26. The number of benzene rings is 1. The van der Waals surface area contributed by atoms with Gasteiger partial charge in [-0.2, -0.15) is 5.26 Å². The minimum absolute atomic E-state index is 0.0966. The van der Waals surface area contributed by atoms with Gasteiger partial charge >= 0.3 is 0 Å². The fraction of sp³-hybridized carbons (Fsp3) is 0.385. The minimum Gasteiger partial charge on any atom is -0.367 e. The lowest BCUT2D eigenvalue weighted by Gasteiger charge is -2.36. The van der Waals surface area contributed by atoms with Crippen molar-refractivity contribution in [2.75, 3.05) is 12.4 Å². The number of halogens is 1. The molecule has 0 radical (unpaired) electrons. The first-order valence-corrected chi connectivity index (χ1v) is 5.56. The van der Waals surface area contributed by atoms with E-state index >= 15 is 0 Å². The van der Waals surface area contributed by atoms with Crippen LogP contribution in [-0.2, 0) is 0 Å². The number of rotatable bonds is 3. The topological polar surface area (TPSA) is 64.9 Å². The molecule has 1 atom stereocenters. The van der Waals surface area contributed by atoms with Crippen molar-refractivity contribution in [1.82, 2.24) is 5.32 Å². The lowest BCUT2D eigenvalue weighted by molar-refractivity contribution is 0.0959. The summed E-state index contributed by atoms with van der Waals surface area (Å²) in [5.41, 5.74) is -1.16. The van der Waals surface area contributed by atoms with Crippen molar-refractivity contribution in [3.63, 3.8) is 0 Å². The predicted molar refractivity (Wildman–Crippen MR) is 65.6 cm³/mol. The van der Waals surface area contributed by atoms with Crippen LogP contribution in [0.3, 0.4) is 0 Å². The maximum absolute atomic E-state index is 13.8. The van der Waals surface area contributed by atoms with Crippen molar-refractivity contribution in [2.45, 2.75) is 24.8 Å². The summed E-state index contributed by atoms with van der Waals surface area (Å²) in [7, 11) is 1.40. The Kier molecular flexibility index (Phi) is 2.55. The van der Waals surface area contributed by atoms with Gasteiger partial charge in [-0.05, 0) is 37.4 Å². The summed E-state index contributed by atoms with van der Waals surface area (Å²) in [4.78, 5) is 11.4. The maximum Gasteiger partial charge on any atom is 0.253 e. The molecular weight excluding hydrogens is 233 g/mol. The Morgan fingerprint density at radius 1 is 1.67 bits per heavy atom. The first-order chi connectivity index (χ1) is 9.35. The predicted octanol–water partition coefficient (Wildman–Crippen LogP) is 2.04. The van der Waals surface area contributed by atoms with Crippen LogP contribution in [0.15, 0.2) is 18.2 Å². The molecule has 1 amide bonds. The third-order valence-electron chi connectivity index (χ3n) is 2.92. The van der Waals surface area contributed by atoms with Crippen molar-refractivity contribution in [3.05, 3.63) is 29.6 Å². The molecule has 1 aliphatic carbocycles. The zero-order valence-electron chi connectivity index (χ0n) is 11.9. The van der Waals surface area contributed by atoms with Gasteiger partial charge < -0.3 is 10.6 Å². The fourth-order valence-corrected chi connectivity index (χ4v) is 1.76. The molecule has 2 rings (SSSR count). The highest BCUT2D eigenvalue weighted by Gasteiger charge is 2.37. The lowest BCUT2D eigenvalue weighted by Crippen LogP contribution is -2.43. The van der Waals surface area contributed by atoms with Crippen LogP contribution in [-0.4, -0.2) is 18.5 Å². The summed E-state index contributed by atoms with van der Waals surface area (Å²) >= 11 is 0. The third-order valence-corrected chi connectivity index (χ3v) is 2.92. The second kappa shape index (κ2) is 4.65. The van der Waals surface area contributed by atoms with Crippen LogP contribution >= 0.6 is 0 Å². The molecule has 1 unspecified atom stereocenters. The van der Waals surface area contributed by atoms with E-state index in [-0.39, 0.29) is 17.7 Å². The number of carbonyl (C=O) groups is 1. The zero-order chi connectivity index (χ0) is 15.0. The fourth-order valence-electron chi connectivity index (χ4n) is 1.76. The van der Waals surface area contributed by atoms with E-state index in [2.05, 4.69) is 10.6 Å². The number of nitriles is 1. The van der Waals surface area contributed by atoms with Gasteiger partial charge in [0.1, 0.15) is 11.4 Å². The van der Waals surface area contributed by atoms with Crippen LogP contribution in [0.5, 0.6) is 0 Å². The van der Waals surface area contributed by atoms with E-state index in [1.165, 1.54) is 19.2 Å². The third kappa shape index (κ3) is 2.14. The zero-order valence-corrected chi connectivity index (χ0v) is 9.88. The molecule has 1 aliphatic rings. The van der Waals surface area contributed by atoms with Gasteiger partial charge in [0.2, 0.25) is 0 Å². The molecule has 94 valence electrons. The molecule has 0 heterocycles. The maximum atomic E-state index is 13.8. The summed E-state index contributed by atoms with van der Waals surface area (Å²) in [6.07, 6.45) is -1.01. The summed E-state index contributed by atoms with van der Waals surface area (Å²) in [6, 6.07) is 5.79. The molecule has 0 saturated heterocycles. The second-order valence-electron chi connectivity index (χ2n) is 4.09. The molecule has 0 aromatic heterocycles. The van der Waals surface area contributed by atoms with Gasteiger partial charge in [-0.3, -0.25) is 4.79 Å². The van der Waals surface area contributed by atoms with Gasteiger partial charge in [-0.15, -0.1) is 0 Å². The van der Waals surface area contributed by atoms with Crippen molar-refractivity contribution in [3.8, 4) is 6.07 Å². The Labute approximate surface area is 108 Å². The molecule has 1 saturated carbocycles. The van der Waals surface area contributed by atoms with E-state index in [1.807, 2.05) is 6.07 Å². The number of hydrogen-bond donors (Lipinski definition) is 2. The quantitative estimate of drug-likeness (QED) is 0.861. The Balaban J connectivity index is 2.26. The molecule has 2 N–H and O–H groups in total. The van der Waals surface area contributed by atoms with E-state index < -0.39 is 23.6 Å². The highest BCUT2D eigenvalue weighted by Crippen LogP contribution is 2.34. The second-order valence-corrected chi connectivity index (χ2v) is 4.09. The van der Waals surface area contributed by atoms with E-state index in [4.69, 9.17) is 2.74 Å². The highest BCUT2D eigenvalue weighted by atomic mass is 19.1. The molecule has 5 heteroatoms. The normalized spacial score (nSPS) is 26.1. The molecule has 0 bridgehead atoms. The van der Waals surface area contributed by atoms with E-state index in [0.29, 0.717) is 6.42 Å². The Hall–Kier alpha value is -2.09. The Morgan fingerprint density at radius 2 is 2.44 bits per heavy atom. The molecule has 4 nitrogen and oxygen atoms in total. The van der Waals surface area contributed by atoms with Gasteiger partial charge in [0.15, 0.2) is 0 Å². The first-order valence-electron chi connectivity index (χ1n) is 6.56. The SMILES string of the molecule is [2H]C1([2H])CCC1(C#N)Nc1ccc(C(=O)NC)c(F)c1.